The predicted molar refractivity (Wildman–Crippen MR) is 133 cm³/mol. The SMILES string of the molecule is CC(C)P(c1ccccc1[P-]c1ccccc1P(C(C)C)C(C)C)C(C)C. The molecule has 0 heterocycles. The average molecular weight is 417 g/mol. The summed E-state index contributed by atoms with van der Waals surface area (Å²) in [6, 6.07) is 18.4. The van der Waals surface area contributed by atoms with E-state index in [1.54, 1.807) is 10.6 Å². The van der Waals surface area contributed by atoms with Crippen LogP contribution >= 0.6 is 24.4 Å². The van der Waals surface area contributed by atoms with Crippen LogP contribution in [0.2, 0.25) is 0 Å². The highest BCUT2D eigenvalue weighted by Gasteiger charge is 2.21. The Labute approximate surface area is 172 Å². The quantitative estimate of drug-likeness (QED) is 0.434. The molecule has 27 heavy (non-hydrogen) atoms. The summed E-state index contributed by atoms with van der Waals surface area (Å²) >= 11 is 0. The summed E-state index contributed by atoms with van der Waals surface area (Å²) in [5.74, 6) is 0. The van der Waals surface area contributed by atoms with Crippen molar-refractivity contribution in [3.8, 4) is 0 Å². The Bertz CT molecular complexity index is 642. The van der Waals surface area contributed by atoms with Gasteiger partial charge < -0.3 is 8.58 Å². The van der Waals surface area contributed by atoms with Crippen molar-refractivity contribution in [1.82, 2.24) is 0 Å². The molecule has 0 radical (unpaired) electrons. The molecule has 0 N–H and O–H groups in total. The highest BCUT2D eigenvalue weighted by molar-refractivity contribution is 7.72. The zero-order valence-corrected chi connectivity index (χ0v) is 21.0. The van der Waals surface area contributed by atoms with Crippen molar-refractivity contribution < 1.29 is 0 Å². The zero-order valence-electron chi connectivity index (χ0n) is 18.3. The molecule has 0 spiro atoms. The Hall–Kier alpha value is -0.270. The van der Waals surface area contributed by atoms with Gasteiger partial charge in [0, 0.05) is 0 Å². The molecule has 0 nitrogen and oxygen atoms in total. The lowest BCUT2D eigenvalue weighted by Crippen LogP contribution is -2.31. The molecule has 0 bridgehead atoms. The fourth-order valence-electron chi connectivity index (χ4n) is 3.99. The minimum Gasteiger partial charge on any atom is -0.471 e. The molecule has 0 aliphatic carbocycles. The minimum atomic E-state index is -0.142. The Morgan fingerprint density at radius 2 is 0.815 bits per heavy atom. The van der Waals surface area contributed by atoms with Crippen molar-refractivity contribution in [1.29, 1.82) is 0 Å². The maximum atomic E-state index is 2.39. The van der Waals surface area contributed by atoms with Crippen molar-refractivity contribution in [2.24, 2.45) is 0 Å². The highest BCUT2D eigenvalue weighted by Crippen LogP contribution is 2.46. The van der Waals surface area contributed by atoms with Crippen LogP contribution < -0.4 is 21.2 Å². The summed E-state index contributed by atoms with van der Waals surface area (Å²) in [4.78, 5) is 0. The molecule has 0 unspecified atom stereocenters. The van der Waals surface area contributed by atoms with Crippen LogP contribution in [0.15, 0.2) is 48.5 Å². The molecule has 148 valence electrons. The van der Waals surface area contributed by atoms with E-state index in [1.165, 1.54) is 19.2 Å². The van der Waals surface area contributed by atoms with Crippen molar-refractivity contribution in [2.75, 3.05) is 0 Å². The predicted octanol–water partition coefficient (Wildman–Crippen LogP) is 6.43. The van der Waals surface area contributed by atoms with Gasteiger partial charge in [0.15, 0.2) is 0 Å². The second-order valence-corrected chi connectivity index (χ2v) is 16.2. The van der Waals surface area contributed by atoms with Gasteiger partial charge >= 0.3 is 0 Å². The van der Waals surface area contributed by atoms with Crippen LogP contribution in [-0.4, -0.2) is 22.6 Å². The number of benzene rings is 2. The topological polar surface area (TPSA) is 0 Å². The maximum Gasteiger partial charge on any atom is -0.0224 e. The Morgan fingerprint density at radius 3 is 1.11 bits per heavy atom. The van der Waals surface area contributed by atoms with Gasteiger partial charge in [-0.1, -0.05) is 130 Å². The van der Waals surface area contributed by atoms with E-state index in [1.807, 2.05) is 0 Å². The third kappa shape index (κ3) is 5.86. The smallest absolute Gasteiger partial charge is 0.0224 e. The van der Waals surface area contributed by atoms with Crippen molar-refractivity contribution in [3.63, 3.8) is 0 Å². The van der Waals surface area contributed by atoms with Gasteiger partial charge in [-0.3, -0.25) is 0 Å². The molecule has 0 saturated carbocycles. The first-order chi connectivity index (χ1) is 12.7. The molecule has 2 rings (SSSR count). The van der Waals surface area contributed by atoms with E-state index in [0.29, 0.717) is 0 Å². The first kappa shape index (κ1) is 23.0. The van der Waals surface area contributed by atoms with Gasteiger partial charge in [0.25, 0.3) is 0 Å². The Morgan fingerprint density at radius 1 is 0.519 bits per heavy atom. The molecule has 0 aliphatic heterocycles. The van der Waals surface area contributed by atoms with E-state index in [0.717, 1.165) is 22.6 Å². The van der Waals surface area contributed by atoms with E-state index in [4.69, 9.17) is 0 Å². The summed E-state index contributed by atoms with van der Waals surface area (Å²) in [7, 11) is 1.10. The fraction of sp³-hybridized carbons (Fsp3) is 0.500. The van der Waals surface area contributed by atoms with Crippen LogP contribution in [0.4, 0.5) is 0 Å². The van der Waals surface area contributed by atoms with Crippen LogP contribution in [0.3, 0.4) is 0 Å². The van der Waals surface area contributed by atoms with E-state index < -0.39 is 0 Å². The molecule has 2 aromatic rings. The fourth-order valence-corrected chi connectivity index (χ4v) is 11.7. The van der Waals surface area contributed by atoms with E-state index in [9.17, 15) is 0 Å². The second kappa shape index (κ2) is 10.5. The molecule has 0 fully saturated rings. The Kier molecular flexibility index (Phi) is 8.94. The maximum absolute atomic E-state index is 2.39. The van der Waals surface area contributed by atoms with Gasteiger partial charge in [-0.25, -0.2) is 0 Å². The third-order valence-electron chi connectivity index (χ3n) is 4.79. The van der Waals surface area contributed by atoms with E-state index in [-0.39, 0.29) is 15.8 Å². The van der Waals surface area contributed by atoms with Crippen LogP contribution in [0.1, 0.15) is 55.4 Å². The van der Waals surface area contributed by atoms with Crippen molar-refractivity contribution in [3.05, 3.63) is 48.5 Å². The third-order valence-corrected chi connectivity index (χ3v) is 12.7. The van der Waals surface area contributed by atoms with E-state index >= 15 is 0 Å². The largest absolute Gasteiger partial charge is 0.471 e. The summed E-state index contributed by atoms with van der Waals surface area (Å²) in [5, 5.41) is 6.24. The molecule has 0 aliphatic rings. The minimum absolute atomic E-state index is 0.142. The van der Waals surface area contributed by atoms with Gasteiger partial charge in [-0.2, -0.15) is 10.6 Å². The standard InChI is InChI=1S/C24H36P3/c1-17(2)26(18(3)4)23-15-11-9-13-21(23)25-22-14-10-12-16-24(22)27(19(5)6)20(7)8/h9-20H,1-8H3/q-1. The highest BCUT2D eigenvalue weighted by atomic mass is 31.1. The van der Waals surface area contributed by atoms with Crippen LogP contribution in [0.5, 0.6) is 0 Å². The molecular weight excluding hydrogens is 381 g/mol. The summed E-state index contributed by atoms with van der Waals surface area (Å²) < 4.78 is 0. The van der Waals surface area contributed by atoms with Crippen LogP contribution in [-0.2, 0) is 0 Å². The lowest BCUT2D eigenvalue weighted by atomic mass is 10.4. The molecular formula is C24H36P3-. The summed E-state index contributed by atoms with van der Waals surface area (Å²) in [6.07, 6.45) is 0. The summed E-state index contributed by atoms with van der Waals surface area (Å²) in [5.41, 5.74) is 2.87. The van der Waals surface area contributed by atoms with Gasteiger partial charge in [-0.15, -0.1) is 0 Å². The van der Waals surface area contributed by atoms with E-state index in [2.05, 4.69) is 104 Å². The monoisotopic (exact) mass is 417 g/mol. The van der Waals surface area contributed by atoms with Gasteiger partial charge in [-0.05, 0) is 22.6 Å². The summed E-state index contributed by atoms with van der Waals surface area (Å²) in [6.45, 7) is 19.1. The molecule has 0 saturated heterocycles. The van der Waals surface area contributed by atoms with Crippen molar-refractivity contribution >= 4 is 45.6 Å². The van der Waals surface area contributed by atoms with Crippen LogP contribution in [0, 0.1) is 0 Å². The lowest BCUT2D eigenvalue weighted by Gasteiger charge is -2.36. The second-order valence-electron chi connectivity index (χ2n) is 8.28. The van der Waals surface area contributed by atoms with Gasteiger partial charge in [0.2, 0.25) is 0 Å². The molecule has 2 aromatic carbocycles. The number of hydrogen-bond donors (Lipinski definition) is 0. The van der Waals surface area contributed by atoms with Crippen LogP contribution in [0.25, 0.3) is 0 Å². The first-order valence-electron chi connectivity index (χ1n) is 10.2. The molecule has 0 atom stereocenters. The average Bonchev–Trinajstić information content (AvgIpc) is 2.57. The van der Waals surface area contributed by atoms with Gasteiger partial charge in [0.1, 0.15) is 0 Å². The molecule has 0 amide bonds. The molecule has 0 aromatic heterocycles. The number of rotatable bonds is 8. The Balaban J connectivity index is 2.48. The van der Waals surface area contributed by atoms with Gasteiger partial charge in [0.05, 0.1) is 0 Å². The number of hydrogen-bond acceptors (Lipinski definition) is 0. The normalized spacial score (nSPS) is 12.4. The zero-order chi connectivity index (χ0) is 20.1. The first-order valence-corrected chi connectivity index (χ1v) is 14.1. The van der Waals surface area contributed by atoms with Crippen molar-refractivity contribution in [2.45, 2.75) is 78.0 Å². The molecule has 3 heteroatoms. The lowest BCUT2D eigenvalue weighted by molar-refractivity contribution is 1.02.